The maximum Gasteiger partial charge on any atom is 0.227 e. The predicted molar refractivity (Wildman–Crippen MR) is 95.0 cm³/mol. The van der Waals surface area contributed by atoms with E-state index < -0.39 is 0 Å². The molecule has 3 atom stereocenters. The van der Waals surface area contributed by atoms with Crippen molar-refractivity contribution in [2.24, 2.45) is 5.92 Å². The lowest BCUT2D eigenvalue weighted by Crippen LogP contribution is -2.48. The Bertz CT molecular complexity index is 643. The van der Waals surface area contributed by atoms with E-state index >= 15 is 0 Å². The molecule has 2 N–H and O–H groups in total. The molecule has 1 aromatic rings. The highest BCUT2D eigenvalue weighted by Crippen LogP contribution is 2.29. The van der Waals surface area contributed by atoms with E-state index in [1.165, 1.54) is 0 Å². The molecule has 0 saturated carbocycles. The lowest BCUT2D eigenvalue weighted by atomic mass is 9.99. The van der Waals surface area contributed by atoms with Gasteiger partial charge in [-0.25, -0.2) is 0 Å². The molecule has 2 aliphatic heterocycles. The summed E-state index contributed by atoms with van der Waals surface area (Å²) in [6, 6.07) is 6.63. The molecule has 0 aromatic heterocycles. The Kier molecular flexibility index (Phi) is 4.90. The van der Waals surface area contributed by atoms with Gasteiger partial charge in [-0.1, -0.05) is 12.1 Å². The van der Waals surface area contributed by atoms with Crippen LogP contribution in [0.4, 0.5) is 5.69 Å². The number of benzene rings is 1. The van der Waals surface area contributed by atoms with Crippen LogP contribution < -0.4 is 15.5 Å². The third-order valence-electron chi connectivity index (χ3n) is 5.33. The normalized spacial score (nSPS) is 27.4. The van der Waals surface area contributed by atoms with Crippen LogP contribution in [0, 0.1) is 19.8 Å². The molecule has 2 fully saturated rings. The average molecular weight is 329 g/mol. The van der Waals surface area contributed by atoms with Gasteiger partial charge in [-0.05, 0) is 57.4 Å². The standard InChI is InChI=1S/C19H27N3O2/c1-12-5-4-6-17(14(12)3)22-11-15(10-18(22)23)19(24)21-16-7-8-20-13(2)9-16/h4-6,13,15-16,20H,7-11H2,1-3H3,(H,21,24). The van der Waals surface area contributed by atoms with Gasteiger partial charge in [0.1, 0.15) is 0 Å². The molecule has 24 heavy (non-hydrogen) atoms. The number of hydrogen-bond donors (Lipinski definition) is 2. The summed E-state index contributed by atoms with van der Waals surface area (Å²) < 4.78 is 0. The highest BCUT2D eigenvalue weighted by Gasteiger charge is 2.36. The van der Waals surface area contributed by atoms with E-state index in [2.05, 4.69) is 17.6 Å². The molecule has 5 nitrogen and oxygen atoms in total. The number of anilines is 1. The molecule has 0 spiro atoms. The summed E-state index contributed by atoms with van der Waals surface area (Å²) in [6.45, 7) is 7.63. The van der Waals surface area contributed by atoms with Gasteiger partial charge in [-0.2, -0.15) is 0 Å². The molecule has 5 heteroatoms. The van der Waals surface area contributed by atoms with Gasteiger partial charge in [0, 0.05) is 30.7 Å². The second-order valence-corrected chi connectivity index (χ2v) is 7.21. The predicted octanol–water partition coefficient (Wildman–Crippen LogP) is 1.91. The summed E-state index contributed by atoms with van der Waals surface area (Å²) in [5, 5.41) is 6.54. The largest absolute Gasteiger partial charge is 0.353 e. The van der Waals surface area contributed by atoms with Crippen molar-refractivity contribution in [3.63, 3.8) is 0 Å². The minimum atomic E-state index is -0.248. The second kappa shape index (κ2) is 6.93. The van der Waals surface area contributed by atoms with Crippen LogP contribution in [0.1, 0.15) is 37.3 Å². The monoisotopic (exact) mass is 329 g/mol. The van der Waals surface area contributed by atoms with E-state index in [0.717, 1.165) is 36.2 Å². The topological polar surface area (TPSA) is 61.4 Å². The Hall–Kier alpha value is -1.88. The molecule has 2 saturated heterocycles. The van der Waals surface area contributed by atoms with Crippen LogP contribution in [0.25, 0.3) is 0 Å². The highest BCUT2D eigenvalue weighted by molar-refractivity contribution is 6.01. The van der Waals surface area contributed by atoms with E-state index in [-0.39, 0.29) is 23.8 Å². The molecular weight excluding hydrogens is 302 g/mol. The quantitative estimate of drug-likeness (QED) is 0.890. The third-order valence-corrected chi connectivity index (χ3v) is 5.33. The summed E-state index contributed by atoms with van der Waals surface area (Å²) in [6.07, 6.45) is 2.21. The zero-order valence-corrected chi connectivity index (χ0v) is 14.8. The van der Waals surface area contributed by atoms with Crippen molar-refractivity contribution in [3.05, 3.63) is 29.3 Å². The fraction of sp³-hybridized carbons (Fsp3) is 0.579. The van der Waals surface area contributed by atoms with Crippen molar-refractivity contribution in [2.75, 3.05) is 18.0 Å². The van der Waals surface area contributed by atoms with Crippen LogP contribution in [0.15, 0.2) is 18.2 Å². The van der Waals surface area contributed by atoms with Gasteiger partial charge in [-0.3, -0.25) is 9.59 Å². The number of piperidine rings is 1. The van der Waals surface area contributed by atoms with Crippen molar-refractivity contribution < 1.29 is 9.59 Å². The van der Waals surface area contributed by atoms with E-state index in [9.17, 15) is 9.59 Å². The van der Waals surface area contributed by atoms with Crippen molar-refractivity contribution in [2.45, 2.75) is 52.1 Å². The van der Waals surface area contributed by atoms with Crippen LogP contribution in [0.2, 0.25) is 0 Å². The fourth-order valence-corrected chi connectivity index (χ4v) is 3.73. The van der Waals surface area contributed by atoms with E-state index in [1.54, 1.807) is 4.90 Å². The first-order valence-electron chi connectivity index (χ1n) is 8.86. The number of carbonyl (C=O) groups is 2. The first kappa shape index (κ1) is 17.0. The van der Waals surface area contributed by atoms with Crippen molar-refractivity contribution >= 4 is 17.5 Å². The molecule has 2 amide bonds. The number of nitrogens with zero attached hydrogens (tertiary/aromatic N) is 1. The number of rotatable bonds is 3. The Balaban J connectivity index is 1.66. The van der Waals surface area contributed by atoms with Crippen LogP contribution >= 0.6 is 0 Å². The molecule has 0 radical (unpaired) electrons. The molecular formula is C19H27N3O2. The first-order valence-corrected chi connectivity index (χ1v) is 8.86. The number of nitrogens with one attached hydrogen (secondary N) is 2. The van der Waals surface area contributed by atoms with Gasteiger partial charge in [0.15, 0.2) is 0 Å². The molecule has 130 valence electrons. The molecule has 1 aromatic carbocycles. The number of amides is 2. The Morgan fingerprint density at radius 1 is 1.33 bits per heavy atom. The zero-order chi connectivity index (χ0) is 17.3. The van der Waals surface area contributed by atoms with Crippen LogP contribution in [0.3, 0.4) is 0 Å². The van der Waals surface area contributed by atoms with Gasteiger partial charge < -0.3 is 15.5 Å². The Labute approximate surface area is 143 Å². The van der Waals surface area contributed by atoms with Gasteiger partial charge >= 0.3 is 0 Å². The zero-order valence-electron chi connectivity index (χ0n) is 14.8. The van der Waals surface area contributed by atoms with Crippen molar-refractivity contribution in [1.82, 2.24) is 10.6 Å². The lowest BCUT2D eigenvalue weighted by Gasteiger charge is -2.29. The molecule has 0 aliphatic carbocycles. The molecule has 0 bridgehead atoms. The van der Waals surface area contributed by atoms with Gasteiger partial charge in [-0.15, -0.1) is 0 Å². The summed E-state index contributed by atoms with van der Waals surface area (Å²) in [4.78, 5) is 26.8. The minimum Gasteiger partial charge on any atom is -0.353 e. The highest BCUT2D eigenvalue weighted by atomic mass is 16.2. The Morgan fingerprint density at radius 3 is 2.88 bits per heavy atom. The summed E-state index contributed by atoms with van der Waals surface area (Å²) in [5.74, 6) is -0.180. The Morgan fingerprint density at radius 2 is 2.12 bits per heavy atom. The summed E-state index contributed by atoms with van der Waals surface area (Å²) in [7, 11) is 0. The van der Waals surface area contributed by atoms with Crippen molar-refractivity contribution in [1.29, 1.82) is 0 Å². The molecule has 3 rings (SSSR count). The van der Waals surface area contributed by atoms with Gasteiger partial charge in [0.2, 0.25) is 11.8 Å². The van der Waals surface area contributed by atoms with Crippen LogP contribution in [-0.4, -0.2) is 37.0 Å². The van der Waals surface area contributed by atoms with E-state index in [1.807, 2.05) is 32.0 Å². The number of carbonyl (C=O) groups excluding carboxylic acids is 2. The molecule has 3 unspecified atom stereocenters. The molecule has 2 aliphatic rings. The number of hydrogen-bond acceptors (Lipinski definition) is 3. The van der Waals surface area contributed by atoms with Crippen LogP contribution in [0.5, 0.6) is 0 Å². The van der Waals surface area contributed by atoms with E-state index in [4.69, 9.17) is 0 Å². The van der Waals surface area contributed by atoms with Gasteiger partial charge in [0.25, 0.3) is 0 Å². The SMILES string of the molecule is Cc1cccc(N2CC(C(=O)NC3CCNC(C)C3)CC2=O)c1C. The second-order valence-electron chi connectivity index (χ2n) is 7.21. The number of aryl methyl sites for hydroxylation is 1. The third kappa shape index (κ3) is 3.46. The minimum absolute atomic E-state index is 0.0234. The van der Waals surface area contributed by atoms with Crippen LogP contribution in [-0.2, 0) is 9.59 Å². The maximum atomic E-state index is 12.6. The first-order chi connectivity index (χ1) is 11.5. The lowest BCUT2D eigenvalue weighted by molar-refractivity contribution is -0.127. The van der Waals surface area contributed by atoms with E-state index in [0.29, 0.717) is 19.0 Å². The van der Waals surface area contributed by atoms with Gasteiger partial charge in [0.05, 0.1) is 5.92 Å². The van der Waals surface area contributed by atoms with Crippen molar-refractivity contribution in [3.8, 4) is 0 Å². The summed E-state index contributed by atoms with van der Waals surface area (Å²) >= 11 is 0. The summed E-state index contributed by atoms with van der Waals surface area (Å²) in [5.41, 5.74) is 3.21. The maximum absolute atomic E-state index is 12.6. The average Bonchev–Trinajstić information content (AvgIpc) is 2.92. The smallest absolute Gasteiger partial charge is 0.227 e. The molecule has 2 heterocycles. The fourth-order valence-electron chi connectivity index (χ4n) is 3.73.